The van der Waals surface area contributed by atoms with Gasteiger partial charge in [0.15, 0.2) is 0 Å². The first-order valence-corrected chi connectivity index (χ1v) is 6.80. The Labute approximate surface area is 115 Å². The number of nitrogens with one attached hydrogen (secondary N) is 1. The molecule has 0 fully saturated rings. The van der Waals surface area contributed by atoms with Crippen LogP contribution in [0.15, 0.2) is 24.3 Å². The topological polar surface area (TPSA) is 64.4 Å². The molecule has 4 heteroatoms. The minimum atomic E-state index is -0.111. The first kappa shape index (κ1) is 15.7. The average Bonchev–Trinajstić information content (AvgIpc) is 2.43. The summed E-state index contributed by atoms with van der Waals surface area (Å²) in [5, 5.41) is 2.98. The lowest BCUT2D eigenvalue weighted by atomic mass is 10.0. The number of hydrogen-bond acceptors (Lipinski definition) is 3. The number of benzene rings is 1. The molecule has 0 aromatic heterocycles. The molecule has 0 heterocycles. The van der Waals surface area contributed by atoms with E-state index in [2.05, 4.69) is 12.2 Å². The Morgan fingerprint density at radius 3 is 2.79 bits per heavy atom. The van der Waals surface area contributed by atoms with Crippen molar-refractivity contribution < 1.29 is 9.53 Å². The first-order valence-electron chi connectivity index (χ1n) is 6.80. The maximum absolute atomic E-state index is 12.1. The Hall–Kier alpha value is -1.39. The average molecular weight is 264 g/mol. The lowest BCUT2D eigenvalue weighted by Crippen LogP contribution is -2.29. The third-order valence-electron chi connectivity index (χ3n) is 3.14. The van der Waals surface area contributed by atoms with Crippen molar-refractivity contribution in [3.05, 3.63) is 29.8 Å². The zero-order valence-electron chi connectivity index (χ0n) is 11.8. The van der Waals surface area contributed by atoms with Crippen LogP contribution in [0.5, 0.6) is 0 Å². The van der Waals surface area contributed by atoms with E-state index in [-0.39, 0.29) is 11.8 Å². The van der Waals surface area contributed by atoms with E-state index in [1.807, 2.05) is 24.3 Å². The fraction of sp³-hybridized carbons (Fsp3) is 0.533. The van der Waals surface area contributed by atoms with Gasteiger partial charge in [-0.25, -0.2) is 0 Å². The van der Waals surface area contributed by atoms with Crippen molar-refractivity contribution in [1.29, 1.82) is 0 Å². The van der Waals surface area contributed by atoms with E-state index in [0.717, 1.165) is 30.5 Å². The molecule has 19 heavy (non-hydrogen) atoms. The fourth-order valence-corrected chi connectivity index (χ4v) is 2.01. The number of anilines is 1. The van der Waals surface area contributed by atoms with Crippen LogP contribution in [0.1, 0.15) is 25.3 Å². The lowest BCUT2D eigenvalue weighted by molar-refractivity contribution is -0.119. The van der Waals surface area contributed by atoms with Crippen molar-refractivity contribution in [3.8, 4) is 0 Å². The number of para-hydroxylation sites is 1. The van der Waals surface area contributed by atoms with E-state index in [9.17, 15) is 4.79 Å². The van der Waals surface area contributed by atoms with Crippen LogP contribution in [-0.4, -0.2) is 26.2 Å². The van der Waals surface area contributed by atoms with Crippen LogP contribution < -0.4 is 11.1 Å². The van der Waals surface area contributed by atoms with E-state index < -0.39 is 0 Å². The highest BCUT2D eigenvalue weighted by molar-refractivity contribution is 5.93. The molecule has 3 N–H and O–H groups in total. The Kier molecular flexibility index (Phi) is 7.15. The van der Waals surface area contributed by atoms with Crippen LogP contribution in [0.3, 0.4) is 0 Å². The molecule has 1 unspecified atom stereocenters. The van der Waals surface area contributed by atoms with Gasteiger partial charge in [-0.2, -0.15) is 0 Å². The molecule has 0 spiro atoms. The van der Waals surface area contributed by atoms with Gasteiger partial charge in [0.25, 0.3) is 0 Å². The van der Waals surface area contributed by atoms with Crippen LogP contribution in [0.2, 0.25) is 0 Å². The molecule has 0 aliphatic carbocycles. The van der Waals surface area contributed by atoms with Crippen LogP contribution in [0.25, 0.3) is 0 Å². The van der Waals surface area contributed by atoms with Gasteiger partial charge >= 0.3 is 0 Å². The predicted octanol–water partition coefficient (Wildman–Crippen LogP) is 2.19. The van der Waals surface area contributed by atoms with Crippen molar-refractivity contribution in [2.45, 2.75) is 26.2 Å². The van der Waals surface area contributed by atoms with Crippen molar-refractivity contribution >= 4 is 11.6 Å². The van der Waals surface area contributed by atoms with Crippen molar-refractivity contribution in [2.24, 2.45) is 11.7 Å². The molecule has 0 aliphatic rings. The third kappa shape index (κ3) is 5.01. The number of carbonyl (C=O) groups excluding carboxylic acids is 1. The highest BCUT2D eigenvalue weighted by atomic mass is 16.5. The number of amides is 1. The maximum Gasteiger partial charge on any atom is 0.228 e. The van der Waals surface area contributed by atoms with Gasteiger partial charge in [-0.15, -0.1) is 0 Å². The minimum absolute atomic E-state index is 0.00853. The van der Waals surface area contributed by atoms with Gasteiger partial charge in [0, 0.05) is 19.3 Å². The van der Waals surface area contributed by atoms with E-state index in [1.165, 1.54) is 0 Å². The molecule has 0 aliphatic heterocycles. The van der Waals surface area contributed by atoms with Gasteiger partial charge in [-0.3, -0.25) is 4.79 Å². The molecule has 106 valence electrons. The van der Waals surface area contributed by atoms with Crippen molar-refractivity contribution in [2.75, 3.05) is 25.6 Å². The Morgan fingerprint density at radius 1 is 1.42 bits per heavy atom. The summed E-state index contributed by atoms with van der Waals surface area (Å²) in [6, 6.07) is 7.81. The second-order valence-electron chi connectivity index (χ2n) is 4.61. The van der Waals surface area contributed by atoms with E-state index in [4.69, 9.17) is 10.5 Å². The number of ether oxygens (including phenoxy) is 1. The van der Waals surface area contributed by atoms with Crippen LogP contribution in [-0.2, 0) is 16.0 Å². The van der Waals surface area contributed by atoms with E-state index >= 15 is 0 Å². The molecule has 1 rings (SSSR count). The molecule has 1 amide bonds. The van der Waals surface area contributed by atoms with Gasteiger partial charge in [0.1, 0.15) is 0 Å². The monoisotopic (exact) mass is 264 g/mol. The molecule has 0 saturated heterocycles. The molecule has 1 atom stereocenters. The molecule has 0 bridgehead atoms. The summed E-state index contributed by atoms with van der Waals surface area (Å²) in [7, 11) is 1.67. The lowest BCUT2D eigenvalue weighted by Gasteiger charge is -2.16. The summed E-state index contributed by atoms with van der Waals surface area (Å²) in [6.45, 7) is 3.09. The quantitative estimate of drug-likeness (QED) is 0.756. The highest BCUT2D eigenvalue weighted by Gasteiger charge is 2.16. The Bertz CT molecular complexity index is 393. The summed E-state index contributed by atoms with van der Waals surface area (Å²) in [4.78, 5) is 12.1. The van der Waals surface area contributed by atoms with Crippen LogP contribution in [0, 0.1) is 5.92 Å². The van der Waals surface area contributed by atoms with Gasteiger partial charge in [-0.05, 0) is 24.5 Å². The molecule has 4 nitrogen and oxygen atoms in total. The normalized spacial score (nSPS) is 12.2. The Morgan fingerprint density at radius 2 is 2.16 bits per heavy atom. The summed E-state index contributed by atoms with van der Waals surface area (Å²) in [5.41, 5.74) is 7.60. The van der Waals surface area contributed by atoms with Crippen molar-refractivity contribution in [3.63, 3.8) is 0 Å². The molecular weight excluding hydrogens is 240 g/mol. The van der Waals surface area contributed by atoms with E-state index in [0.29, 0.717) is 13.2 Å². The summed E-state index contributed by atoms with van der Waals surface area (Å²) in [6.07, 6.45) is 2.57. The molecular formula is C15H24N2O2. The summed E-state index contributed by atoms with van der Waals surface area (Å²) in [5.74, 6) is -0.102. The number of nitrogens with two attached hydrogens (primary N) is 1. The van der Waals surface area contributed by atoms with Crippen molar-refractivity contribution in [1.82, 2.24) is 0 Å². The molecule has 1 aromatic carbocycles. The zero-order chi connectivity index (χ0) is 14.1. The van der Waals surface area contributed by atoms with Crippen LogP contribution in [0.4, 0.5) is 5.69 Å². The molecule has 0 radical (unpaired) electrons. The van der Waals surface area contributed by atoms with Gasteiger partial charge in [0.05, 0.1) is 12.5 Å². The van der Waals surface area contributed by atoms with E-state index in [1.54, 1.807) is 7.11 Å². The minimum Gasteiger partial charge on any atom is -0.384 e. The standard InChI is InChI=1S/C15H24N2O2/c1-3-6-13(11-16)15(18)17-14-8-5-4-7-12(14)9-10-19-2/h4-5,7-8,13H,3,6,9-11,16H2,1-2H3,(H,17,18). The zero-order valence-corrected chi connectivity index (χ0v) is 11.8. The SMILES string of the molecule is CCCC(CN)C(=O)Nc1ccccc1CCOC. The van der Waals surface area contributed by atoms with Crippen LogP contribution >= 0.6 is 0 Å². The third-order valence-corrected chi connectivity index (χ3v) is 3.14. The van der Waals surface area contributed by atoms with Gasteiger partial charge in [-0.1, -0.05) is 31.5 Å². The molecule has 1 aromatic rings. The second-order valence-corrected chi connectivity index (χ2v) is 4.61. The highest BCUT2D eigenvalue weighted by Crippen LogP contribution is 2.17. The summed E-state index contributed by atoms with van der Waals surface area (Å²) >= 11 is 0. The van der Waals surface area contributed by atoms with Gasteiger partial charge < -0.3 is 15.8 Å². The number of methoxy groups -OCH3 is 1. The largest absolute Gasteiger partial charge is 0.384 e. The first-order chi connectivity index (χ1) is 9.22. The maximum atomic E-state index is 12.1. The number of carbonyl (C=O) groups is 1. The fourth-order valence-electron chi connectivity index (χ4n) is 2.01. The molecule has 0 saturated carbocycles. The smallest absolute Gasteiger partial charge is 0.228 e. The number of rotatable bonds is 8. The predicted molar refractivity (Wildman–Crippen MR) is 78.1 cm³/mol. The van der Waals surface area contributed by atoms with Gasteiger partial charge in [0.2, 0.25) is 5.91 Å². The second kappa shape index (κ2) is 8.67. The summed E-state index contributed by atoms with van der Waals surface area (Å²) < 4.78 is 5.08. The Balaban J connectivity index is 2.72. The number of hydrogen-bond donors (Lipinski definition) is 2.